The van der Waals surface area contributed by atoms with Gasteiger partial charge in [-0.3, -0.25) is 9.59 Å². The molecule has 1 aromatic rings. The van der Waals surface area contributed by atoms with Crippen molar-refractivity contribution in [2.24, 2.45) is 0 Å². The summed E-state index contributed by atoms with van der Waals surface area (Å²) >= 11 is 0. The Hall–Kier alpha value is -1.64. The fraction of sp³-hybridized carbons (Fsp3) is 0.529. The maximum Gasteiger partial charge on any atom is 0.224 e. The molecule has 3 heteroatoms. The zero-order valence-electron chi connectivity index (χ0n) is 12.0. The summed E-state index contributed by atoms with van der Waals surface area (Å²) in [7, 11) is 0. The van der Waals surface area contributed by atoms with Crippen LogP contribution in [0.25, 0.3) is 0 Å². The van der Waals surface area contributed by atoms with Crippen LogP contribution in [-0.4, -0.2) is 11.7 Å². The second-order valence-electron chi connectivity index (χ2n) is 5.52. The molecule has 2 aliphatic rings. The topological polar surface area (TPSA) is 46.2 Å². The van der Waals surface area contributed by atoms with E-state index >= 15 is 0 Å². The molecule has 0 saturated heterocycles. The van der Waals surface area contributed by atoms with Crippen LogP contribution in [0.4, 0.5) is 5.69 Å². The summed E-state index contributed by atoms with van der Waals surface area (Å²) in [4.78, 5) is 23.7. The van der Waals surface area contributed by atoms with E-state index in [-0.39, 0.29) is 11.7 Å². The lowest BCUT2D eigenvalue weighted by Gasteiger charge is -2.08. The number of Topliss-reactive ketones (excluding diaryl/α,β-unsaturated/α-hetero) is 1. The third kappa shape index (κ3) is 4.80. The average Bonchev–Trinajstić information content (AvgIpc) is 2.45. The number of anilines is 1. The van der Waals surface area contributed by atoms with Gasteiger partial charge in [0.2, 0.25) is 5.91 Å². The van der Waals surface area contributed by atoms with Gasteiger partial charge in [0.15, 0.2) is 5.78 Å². The molecule has 0 unspecified atom stereocenters. The third-order valence-corrected chi connectivity index (χ3v) is 3.80. The second-order valence-corrected chi connectivity index (χ2v) is 5.52. The van der Waals surface area contributed by atoms with Crippen LogP contribution < -0.4 is 5.32 Å². The van der Waals surface area contributed by atoms with Crippen molar-refractivity contribution in [1.82, 2.24) is 0 Å². The van der Waals surface area contributed by atoms with E-state index in [1.807, 2.05) is 24.3 Å². The molecule has 0 saturated carbocycles. The molecule has 0 aliphatic carbocycles. The Labute approximate surface area is 120 Å². The predicted molar refractivity (Wildman–Crippen MR) is 81.0 cm³/mol. The van der Waals surface area contributed by atoms with Gasteiger partial charge in [-0.2, -0.15) is 0 Å². The van der Waals surface area contributed by atoms with Crippen LogP contribution in [0.2, 0.25) is 0 Å². The maximum atomic E-state index is 12.0. The average molecular weight is 273 g/mol. The number of benzene rings is 1. The number of fused-ring (bicyclic) bond motifs is 13. The zero-order valence-corrected chi connectivity index (χ0v) is 12.0. The van der Waals surface area contributed by atoms with Crippen LogP contribution in [0.5, 0.6) is 0 Å². The van der Waals surface area contributed by atoms with E-state index in [0.29, 0.717) is 12.8 Å². The summed E-state index contributed by atoms with van der Waals surface area (Å²) in [6, 6.07) is 7.25. The van der Waals surface area contributed by atoms with Crippen molar-refractivity contribution in [3.8, 4) is 0 Å². The molecular weight excluding hydrogens is 250 g/mol. The van der Waals surface area contributed by atoms with Gasteiger partial charge >= 0.3 is 0 Å². The van der Waals surface area contributed by atoms with Crippen molar-refractivity contribution in [1.29, 1.82) is 0 Å². The van der Waals surface area contributed by atoms with Crippen molar-refractivity contribution in [3.05, 3.63) is 29.8 Å². The molecule has 0 fully saturated rings. The number of hydrogen-bond donors (Lipinski definition) is 1. The quantitative estimate of drug-likeness (QED) is 0.764. The highest BCUT2D eigenvalue weighted by molar-refractivity contribution is 5.97. The van der Waals surface area contributed by atoms with Crippen molar-refractivity contribution in [2.75, 3.05) is 5.32 Å². The molecule has 20 heavy (non-hydrogen) atoms. The first-order valence-electron chi connectivity index (χ1n) is 7.69. The Morgan fingerprint density at radius 3 is 1.90 bits per heavy atom. The fourth-order valence-electron chi connectivity index (χ4n) is 2.56. The highest BCUT2D eigenvalue weighted by Gasteiger charge is 2.07. The first kappa shape index (κ1) is 14.8. The number of ketones is 1. The van der Waals surface area contributed by atoms with Crippen LogP contribution in [0, 0.1) is 0 Å². The monoisotopic (exact) mass is 273 g/mol. The molecule has 0 spiro atoms. The van der Waals surface area contributed by atoms with E-state index in [4.69, 9.17) is 0 Å². The third-order valence-electron chi connectivity index (χ3n) is 3.80. The van der Waals surface area contributed by atoms with E-state index in [2.05, 4.69) is 5.32 Å². The largest absolute Gasteiger partial charge is 0.326 e. The molecular formula is C17H23NO2. The minimum absolute atomic E-state index is 0.0659. The molecule has 0 radical (unpaired) electrons. The predicted octanol–water partition coefficient (Wildman–Crippen LogP) is 4.33. The number of carbonyl (C=O) groups excluding carboxylic acids is 2. The molecule has 3 nitrogen and oxygen atoms in total. The van der Waals surface area contributed by atoms with E-state index in [1.165, 1.54) is 19.3 Å². The van der Waals surface area contributed by atoms with Gasteiger partial charge in [-0.05, 0) is 37.1 Å². The molecule has 2 bridgehead atoms. The van der Waals surface area contributed by atoms with Gasteiger partial charge in [-0.1, -0.05) is 32.1 Å². The van der Waals surface area contributed by atoms with Crippen molar-refractivity contribution >= 4 is 17.4 Å². The molecule has 1 N–H and O–H groups in total. The van der Waals surface area contributed by atoms with Gasteiger partial charge < -0.3 is 5.32 Å². The lowest BCUT2D eigenvalue weighted by molar-refractivity contribution is -0.116. The summed E-state index contributed by atoms with van der Waals surface area (Å²) < 4.78 is 0. The summed E-state index contributed by atoms with van der Waals surface area (Å²) in [6.07, 6.45) is 9.00. The summed E-state index contributed by atoms with van der Waals surface area (Å²) in [6.45, 7) is 0. The smallest absolute Gasteiger partial charge is 0.224 e. The van der Waals surface area contributed by atoms with Gasteiger partial charge in [0.05, 0.1) is 0 Å². The minimum atomic E-state index is 0.0659. The van der Waals surface area contributed by atoms with Crippen LogP contribution in [0.15, 0.2) is 24.3 Å². The lowest BCUT2D eigenvalue weighted by atomic mass is 10.0. The highest BCUT2D eigenvalue weighted by atomic mass is 16.1. The number of amides is 1. The van der Waals surface area contributed by atoms with Gasteiger partial charge in [0.1, 0.15) is 0 Å². The van der Waals surface area contributed by atoms with Crippen molar-refractivity contribution < 1.29 is 9.59 Å². The standard InChI is InChI=1S/C17H23NO2/c19-16-8-6-4-2-1-3-5-7-9-17(20)18-15-12-10-14(16)11-13-15/h10-13H,1-9H2,(H,18,20). The number of carbonyl (C=O) groups is 2. The minimum Gasteiger partial charge on any atom is -0.326 e. The Kier molecular flexibility index (Phi) is 5.78. The van der Waals surface area contributed by atoms with Gasteiger partial charge in [0.25, 0.3) is 0 Å². The molecule has 1 aromatic carbocycles. The van der Waals surface area contributed by atoms with E-state index < -0.39 is 0 Å². The summed E-state index contributed by atoms with van der Waals surface area (Å²) in [5.74, 6) is 0.270. The van der Waals surface area contributed by atoms with Gasteiger partial charge in [-0.15, -0.1) is 0 Å². The Balaban J connectivity index is 2.01. The Morgan fingerprint density at radius 1 is 0.700 bits per heavy atom. The molecule has 3 rings (SSSR count). The summed E-state index contributed by atoms with van der Waals surface area (Å²) in [5, 5.41) is 2.88. The SMILES string of the molecule is O=C1CCCCCCCCCC(=O)c2ccc(cc2)N1. The first-order chi connectivity index (χ1) is 9.75. The molecule has 0 aromatic heterocycles. The Bertz CT molecular complexity index is 451. The molecule has 2 aliphatic heterocycles. The van der Waals surface area contributed by atoms with E-state index in [0.717, 1.165) is 36.9 Å². The fourth-order valence-corrected chi connectivity index (χ4v) is 2.56. The maximum absolute atomic E-state index is 12.0. The van der Waals surface area contributed by atoms with Crippen LogP contribution in [0.1, 0.15) is 68.1 Å². The van der Waals surface area contributed by atoms with Crippen molar-refractivity contribution in [3.63, 3.8) is 0 Å². The lowest BCUT2D eigenvalue weighted by Crippen LogP contribution is -2.11. The number of nitrogens with one attached hydrogen (secondary N) is 1. The second kappa shape index (κ2) is 7.83. The normalized spacial score (nSPS) is 18.8. The van der Waals surface area contributed by atoms with Crippen LogP contribution in [-0.2, 0) is 4.79 Å². The molecule has 2 heterocycles. The molecule has 108 valence electrons. The van der Waals surface area contributed by atoms with E-state index in [1.54, 1.807) is 0 Å². The van der Waals surface area contributed by atoms with Crippen LogP contribution in [0.3, 0.4) is 0 Å². The molecule has 0 atom stereocenters. The van der Waals surface area contributed by atoms with E-state index in [9.17, 15) is 9.59 Å². The summed E-state index contributed by atoms with van der Waals surface area (Å²) in [5.41, 5.74) is 1.52. The van der Waals surface area contributed by atoms with Crippen molar-refractivity contribution in [2.45, 2.75) is 57.8 Å². The Morgan fingerprint density at radius 2 is 1.25 bits per heavy atom. The van der Waals surface area contributed by atoms with Gasteiger partial charge in [-0.25, -0.2) is 0 Å². The van der Waals surface area contributed by atoms with Crippen LogP contribution >= 0.6 is 0 Å². The molecule has 1 amide bonds. The first-order valence-corrected chi connectivity index (χ1v) is 7.69. The number of hydrogen-bond acceptors (Lipinski definition) is 2. The zero-order chi connectivity index (χ0) is 14.2. The van der Waals surface area contributed by atoms with Gasteiger partial charge in [0, 0.05) is 24.1 Å². The highest BCUT2D eigenvalue weighted by Crippen LogP contribution is 2.16. The number of rotatable bonds is 0.